The number of aryl methyl sites for hydroxylation is 1. The van der Waals surface area contributed by atoms with Gasteiger partial charge < -0.3 is 4.74 Å². The largest absolute Gasteiger partial charge is 0.492 e. The van der Waals surface area contributed by atoms with Gasteiger partial charge in [-0.15, -0.1) is 0 Å². The lowest BCUT2D eigenvalue weighted by molar-refractivity contribution is 0.121. The summed E-state index contributed by atoms with van der Waals surface area (Å²) < 4.78 is 6.79. The summed E-state index contributed by atoms with van der Waals surface area (Å²) in [5.41, 5.74) is 2.16. The minimum absolute atomic E-state index is 0.375. The molecular formula is C12H16BrNO2. The first-order valence-electron chi connectivity index (χ1n) is 5.44. The van der Waals surface area contributed by atoms with Crippen molar-refractivity contribution in [3.05, 3.63) is 27.7 Å². The molecule has 1 saturated carbocycles. The van der Waals surface area contributed by atoms with Crippen molar-refractivity contribution >= 4 is 15.9 Å². The molecule has 3 nitrogen and oxygen atoms in total. The van der Waals surface area contributed by atoms with Gasteiger partial charge >= 0.3 is 0 Å². The highest BCUT2D eigenvalue weighted by Gasteiger charge is 2.23. The molecule has 2 rings (SSSR count). The normalized spacial score (nSPS) is 15.2. The van der Waals surface area contributed by atoms with E-state index in [1.807, 2.05) is 19.1 Å². The van der Waals surface area contributed by atoms with Gasteiger partial charge in [-0.05, 0) is 59.3 Å². The number of hydrogen-bond acceptors (Lipinski definition) is 3. The smallest absolute Gasteiger partial charge is 0.139 e. The van der Waals surface area contributed by atoms with Gasteiger partial charge in [0, 0.05) is 5.56 Å². The van der Waals surface area contributed by atoms with E-state index >= 15 is 0 Å². The van der Waals surface area contributed by atoms with Gasteiger partial charge in [0.05, 0.1) is 17.7 Å². The van der Waals surface area contributed by atoms with Gasteiger partial charge in [0.25, 0.3) is 0 Å². The maximum absolute atomic E-state index is 5.82. The molecule has 0 heterocycles. The van der Waals surface area contributed by atoms with Crippen molar-refractivity contribution in [1.29, 1.82) is 0 Å². The molecule has 1 aliphatic rings. The van der Waals surface area contributed by atoms with Crippen LogP contribution in [0.1, 0.15) is 24.0 Å². The van der Waals surface area contributed by atoms with E-state index in [4.69, 9.17) is 15.5 Å². The van der Waals surface area contributed by atoms with Crippen LogP contribution in [-0.2, 0) is 11.4 Å². The monoisotopic (exact) mass is 285 g/mol. The van der Waals surface area contributed by atoms with Crippen molar-refractivity contribution in [1.82, 2.24) is 0 Å². The molecule has 0 bridgehead atoms. The average molecular weight is 286 g/mol. The fourth-order valence-corrected chi connectivity index (χ4v) is 2.38. The average Bonchev–Trinajstić information content (AvgIpc) is 3.00. The lowest BCUT2D eigenvalue weighted by atomic mass is 10.1. The number of hydrogen-bond donors (Lipinski definition) is 1. The molecule has 0 saturated heterocycles. The van der Waals surface area contributed by atoms with E-state index in [9.17, 15) is 0 Å². The van der Waals surface area contributed by atoms with Crippen LogP contribution in [0.4, 0.5) is 0 Å². The van der Waals surface area contributed by atoms with E-state index in [1.54, 1.807) is 0 Å². The molecule has 1 aromatic carbocycles. The highest BCUT2D eigenvalue weighted by Crippen LogP contribution is 2.34. The Labute approximate surface area is 104 Å². The third-order valence-electron chi connectivity index (χ3n) is 2.66. The molecule has 1 aromatic rings. The lowest BCUT2D eigenvalue weighted by Gasteiger charge is -2.13. The molecule has 0 unspecified atom stereocenters. The summed E-state index contributed by atoms with van der Waals surface area (Å²) in [4.78, 5) is 4.70. The Kier molecular flexibility index (Phi) is 3.84. The second-order valence-electron chi connectivity index (χ2n) is 4.30. The maximum Gasteiger partial charge on any atom is 0.139 e. The summed E-state index contributed by atoms with van der Waals surface area (Å²) in [6, 6.07) is 4.09. The fourth-order valence-electron chi connectivity index (χ4n) is 1.65. The highest BCUT2D eigenvalue weighted by atomic mass is 79.9. The molecule has 1 fully saturated rings. The van der Waals surface area contributed by atoms with Crippen molar-refractivity contribution in [2.75, 3.05) is 6.61 Å². The Morgan fingerprint density at radius 2 is 2.19 bits per heavy atom. The predicted molar refractivity (Wildman–Crippen MR) is 66.1 cm³/mol. The predicted octanol–water partition coefficient (Wildman–Crippen LogP) is 2.94. The van der Waals surface area contributed by atoms with Crippen LogP contribution in [-0.4, -0.2) is 6.61 Å². The summed E-state index contributed by atoms with van der Waals surface area (Å²) in [5.74, 6) is 6.73. The van der Waals surface area contributed by atoms with Gasteiger partial charge in [-0.3, -0.25) is 4.84 Å². The molecular weight excluding hydrogens is 270 g/mol. The highest BCUT2D eigenvalue weighted by molar-refractivity contribution is 9.10. The third kappa shape index (κ3) is 2.97. The molecule has 0 atom stereocenters. The molecule has 1 aliphatic carbocycles. The Balaban J connectivity index is 2.16. The van der Waals surface area contributed by atoms with Gasteiger partial charge in [-0.2, -0.15) is 0 Å². The molecule has 88 valence electrons. The second-order valence-corrected chi connectivity index (χ2v) is 5.15. The summed E-state index contributed by atoms with van der Waals surface area (Å²) in [6.45, 7) is 3.20. The van der Waals surface area contributed by atoms with E-state index in [0.29, 0.717) is 6.61 Å². The molecule has 16 heavy (non-hydrogen) atoms. The van der Waals surface area contributed by atoms with Crippen LogP contribution in [0, 0.1) is 12.8 Å². The molecule has 0 spiro atoms. The minimum atomic E-state index is 0.375. The zero-order valence-electron chi connectivity index (χ0n) is 9.33. The van der Waals surface area contributed by atoms with Crippen molar-refractivity contribution in [3.63, 3.8) is 0 Å². The first kappa shape index (κ1) is 11.9. The van der Waals surface area contributed by atoms with Gasteiger partial charge in [-0.1, -0.05) is 0 Å². The Hall–Kier alpha value is -0.580. The van der Waals surface area contributed by atoms with Crippen molar-refractivity contribution in [2.45, 2.75) is 26.4 Å². The van der Waals surface area contributed by atoms with Crippen LogP contribution in [0.2, 0.25) is 0 Å². The van der Waals surface area contributed by atoms with Gasteiger partial charge in [0.2, 0.25) is 0 Å². The molecule has 0 aromatic heterocycles. The standard InChI is InChI=1S/C12H16BrNO2/c1-8-4-10(7-16-14)12(11(13)5-8)15-6-9-2-3-9/h4-5,9H,2-3,6-7,14H2,1H3. The van der Waals surface area contributed by atoms with E-state index in [1.165, 1.54) is 12.8 Å². The first-order chi connectivity index (χ1) is 7.70. The van der Waals surface area contributed by atoms with Crippen molar-refractivity contribution < 1.29 is 9.57 Å². The maximum atomic E-state index is 5.82. The van der Waals surface area contributed by atoms with E-state index < -0.39 is 0 Å². The molecule has 0 aliphatic heterocycles. The number of rotatable bonds is 5. The van der Waals surface area contributed by atoms with Gasteiger partial charge in [-0.25, -0.2) is 5.90 Å². The van der Waals surface area contributed by atoms with Crippen molar-refractivity contribution in [3.8, 4) is 5.75 Å². The van der Waals surface area contributed by atoms with Crippen LogP contribution >= 0.6 is 15.9 Å². The zero-order chi connectivity index (χ0) is 11.5. The minimum Gasteiger partial charge on any atom is -0.492 e. The second kappa shape index (κ2) is 5.17. The molecule has 0 radical (unpaired) electrons. The van der Waals surface area contributed by atoms with Crippen LogP contribution in [0.5, 0.6) is 5.75 Å². The van der Waals surface area contributed by atoms with Crippen LogP contribution in [0.3, 0.4) is 0 Å². The Bertz CT molecular complexity index is 378. The number of nitrogens with two attached hydrogens (primary N) is 1. The van der Waals surface area contributed by atoms with Crippen LogP contribution in [0.15, 0.2) is 16.6 Å². The van der Waals surface area contributed by atoms with Crippen molar-refractivity contribution in [2.24, 2.45) is 11.8 Å². The topological polar surface area (TPSA) is 44.5 Å². The first-order valence-corrected chi connectivity index (χ1v) is 6.23. The summed E-state index contributed by atoms with van der Waals surface area (Å²) in [7, 11) is 0. The van der Waals surface area contributed by atoms with Crippen LogP contribution < -0.4 is 10.6 Å². The van der Waals surface area contributed by atoms with Gasteiger partial charge in [0.1, 0.15) is 5.75 Å². The zero-order valence-corrected chi connectivity index (χ0v) is 10.9. The Morgan fingerprint density at radius 1 is 1.44 bits per heavy atom. The summed E-state index contributed by atoms with van der Waals surface area (Å²) in [5, 5.41) is 0. The number of ether oxygens (including phenoxy) is 1. The van der Waals surface area contributed by atoms with Crippen LogP contribution in [0.25, 0.3) is 0 Å². The quantitative estimate of drug-likeness (QED) is 0.846. The Morgan fingerprint density at radius 3 is 2.81 bits per heavy atom. The lowest BCUT2D eigenvalue weighted by Crippen LogP contribution is -2.06. The summed E-state index contributed by atoms with van der Waals surface area (Å²) in [6.07, 6.45) is 2.57. The van der Waals surface area contributed by atoms with Gasteiger partial charge in [0.15, 0.2) is 0 Å². The third-order valence-corrected chi connectivity index (χ3v) is 3.25. The molecule has 2 N–H and O–H groups in total. The molecule has 4 heteroatoms. The number of halogens is 1. The SMILES string of the molecule is Cc1cc(Br)c(OCC2CC2)c(CON)c1. The summed E-state index contributed by atoms with van der Waals surface area (Å²) >= 11 is 3.52. The number of benzene rings is 1. The fraction of sp³-hybridized carbons (Fsp3) is 0.500. The van der Waals surface area contributed by atoms with E-state index in [-0.39, 0.29) is 0 Å². The molecule has 0 amide bonds. The van der Waals surface area contributed by atoms with E-state index in [2.05, 4.69) is 15.9 Å². The van der Waals surface area contributed by atoms with E-state index in [0.717, 1.165) is 33.9 Å².